The average molecular weight is 254 g/mol. The van der Waals surface area contributed by atoms with Crippen molar-refractivity contribution in [2.45, 2.75) is 13.3 Å². The predicted molar refractivity (Wildman–Crippen MR) is 74.1 cm³/mol. The lowest BCUT2D eigenvalue weighted by molar-refractivity contribution is 0.405. The molecule has 0 atom stereocenters. The van der Waals surface area contributed by atoms with Gasteiger partial charge in [-0.1, -0.05) is 6.92 Å². The second kappa shape index (κ2) is 6.96. The average Bonchev–Trinajstić information content (AvgIpc) is 2.36. The third kappa shape index (κ3) is 4.11. The molecule has 4 nitrogen and oxygen atoms in total. The van der Waals surface area contributed by atoms with E-state index in [1.54, 1.807) is 14.2 Å². The molecule has 1 aromatic carbocycles. The molecule has 5 heteroatoms. The molecule has 94 valence electrons. The quantitative estimate of drug-likeness (QED) is 0.790. The van der Waals surface area contributed by atoms with Crippen LogP contribution in [0.15, 0.2) is 18.2 Å². The van der Waals surface area contributed by atoms with Crippen molar-refractivity contribution in [2.24, 2.45) is 0 Å². The minimum atomic E-state index is 0.582. The summed E-state index contributed by atoms with van der Waals surface area (Å²) >= 11 is 5.17. The summed E-state index contributed by atoms with van der Waals surface area (Å²) in [5.41, 5.74) is 0.792. The van der Waals surface area contributed by atoms with Gasteiger partial charge in [-0.05, 0) is 30.8 Å². The number of methoxy groups -OCH3 is 2. The molecule has 0 amide bonds. The Hall–Kier alpha value is -1.49. The van der Waals surface area contributed by atoms with E-state index in [0.717, 1.165) is 30.2 Å². The van der Waals surface area contributed by atoms with Crippen molar-refractivity contribution in [1.29, 1.82) is 0 Å². The molecule has 2 N–H and O–H groups in total. The van der Waals surface area contributed by atoms with Crippen molar-refractivity contribution >= 4 is 23.0 Å². The summed E-state index contributed by atoms with van der Waals surface area (Å²) in [6.07, 6.45) is 1.02. The Morgan fingerprint density at radius 1 is 1.29 bits per heavy atom. The van der Waals surface area contributed by atoms with Gasteiger partial charge >= 0.3 is 0 Å². The van der Waals surface area contributed by atoms with Crippen LogP contribution in [0.25, 0.3) is 0 Å². The molecule has 0 bridgehead atoms. The van der Waals surface area contributed by atoms with E-state index in [4.69, 9.17) is 21.7 Å². The van der Waals surface area contributed by atoms with Gasteiger partial charge in [-0.3, -0.25) is 0 Å². The highest BCUT2D eigenvalue weighted by Gasteiger charge is 2.06. The van der Waals surface area contributed by atoms with Gasteiger partial charge in [0.25, 0.3) is 0 Å². The first-order chi connectivity index (χ1) is 8.21. The van der Waals surface area contributed by atoms with Crippen LogP contribution >= 0.6 is 12.2 Å². The molecule has 1 rings (SSSR count). The van der Waals surface area contributed by atoms with E-state index < -0.39 is 0 Å². The molecule has 0 unspecified atom stereocenters. The number of rotatable bonds is 5. The summed E-state index contributed by atoms with van der Waals surface area (Å²) < 4.78 is 10.4. The molecule has 0 aromatic heterocycles. The summed E-state index contributed by atoms with van der Waals surface area (Å²) in [7, 11) is 3.24. The summed E-state index contributed by atoms with van der Waals surface area (Å²) in [6.45, 7) is 2.93. The second-order valence-electron chi connectivity index (χ2n) is 3.45. The predicted octanol–water partition coefficient (Wildman–Crippen LogP) is 2.40. The topological polar surface area (TPSA) is 42.5 Å². The Morgan fingerprint density at radius 3 is 2.65 bits per heavy atom. The lowest BCUT2D eigenvalue weighted by Crippen LogP contribution is -2.29. The van der Waals surface area contributed by atoms with Gasteiger partial charge in [0.05, 0.1) is 19.9 Å². The van der Waals surface area contributed by atoms with Crippen LogP contribution in [0.5, 0.6) is 11.5 Å². The number of ether oxygens (including phenoxy) is 2. The Balaban J connectivity index is 2.76. The number of anilines is 1. The third-order valence-corrected chi connectivity index (χ3v) is 2.44. The Kier molecular flexibility index (Phi) is 5.56. The fraction of sp³-hybridized carbons (Fsp3) is 0.417. The van der Waals surface area contributed by atoms with E-state index >= 15 is 0 Å². The van der Waals surface area contributed by atoms with Gasteiger partial charge in [-0.15, -0.1) is 0 Å². The van der Waals surface area contributed by atoms with Crippen molar-refractivity contribution < 1.29 is 9.47 Å². The molecule has 0 fully saturated rings. The lowest BCUT2D eigenvalue weighted by Gasteiger charge is -2.14. The van der Waals surface area contributed by atoms with Crippen molar-refractivity contribution in [3.63, 3.8) is 0 Å². The Bertz CT molecular complexity index is 383. The van der Waals surface area contributed by atoms with Crippen molar-refractivity contribution in [1.82, 2.24) is 5.32 Å². The van der Waals surface area contributed by atoms with Crippen molar-refractivity contribution in [3.8, 4) is 11.5 Å². The van der Waals surface area contributed by atoms with Gasteiger partial charge in [-0.2, -0.15) is 0 Å². The van der Waals surface area contributed by atoms with Gasteiger partial charge in [0, 0.05) is 12.6 Å². The zero-order valence-electron chi connectivity index (χ0n) is 10.4. The van der Waals surface area contributed by atoms with Crippen LogP contribution in [0.3, 0.4) is 0 Å². The highest BCUT2D eigenvalue weighted by atomic mass is 32.1. The van der Waals surface area contributed by atoms with Gasteiger partial charge in [0.2, 0.25) is 0 Å². The monoisotopic (exact) mass is 254 g/mol. The first-order valence-electron chi connectivity index (χ1n) is 5.48. The number of thiocarbonyl (C=S) groups is 1. The normalized spacial score (nSPS) is 9.59. The minimum absolute atomic E-state index is 0.582. The lowest BCUT2D eigenvalue weighted by atomic mass is 10.2. The van der Waals surface area contributed by atoms with Crippen molar-refractivity contribution in [3.05, 3.63) is 18.2 Å². The zero-order valence-corrected chi connectivity index (χ0v) is 11.2. The molecule has 0 aliphatic carbocycles. The first kappa shape index (κ1) is 13.6. The first-order valence-corrected chi connectivity index (χ1v) is 5.89. The molecule has 0 saturated heterocycles. The van der Waals surface area contributed by atoms with Crippen LogP contribution in [-0.2, 0) is 0 Å². The van der Waals surface area contributed by atoms with Gasteiger partial charge in [0.1, 0.15) is 11.5 Å². The minimum Gasteiger partial charge on any atom is -0.497 e. The number of nitrogens with one attached hydrogen (secondary N) is 2. The van der Waals surface area contributed by atoms with E-state index in [1.165, 1.54) is 0 Å². The molecule has 0 aliphatic heterocycles. The van der Waals surface area contributed by atoms with Gasteiger partial charge < -0.3 is 20.1 Å². The zero-order chi connectivity index (χ0) is 12.7. The van der Waals surface area contributed by atoms with Crippen LogP contribution in [0.2, 0.25) is 0 Å². The maximum Gasteiger partial charge on any atom is 0.170 e. The van der Waals surface area contributed by atoms with Crippen LogP contribution in [0.1, 0.15) is 13.3 Å². The molecular formula is C12H18N2O2S. The van der Waals surface area contributed by atoms with Gasteiger partial charge in [-0.25, -0.2) is 0 Å². The van der Waals surface area contributed by atoms with E-state index in [2.05, 4.69) is 17.6 Å². The van der Waals surface area contributed by atoms with E-state index in [-0.39, 0.29) is 0 Å². The molecule has 0 spiro atoms. The standard InChI is InChI=1S/C12H18N2O2S/c1-4-7-13-12(17)14-10-8-9(15-2)5-6-11(10)16-3/h5-6,8H,4,7H2,1-3H3,(H2,13,14,17). The van der Waals surface area contributed by atoms with Crippen LogP contribution < -0.4 is 20.1 Å². The van der Waals surface area contributed by atoms with E-state index in [0.29, 0.717) is 5.11 Å². The number of hydrogen-bond acceptors (Lipinski definition) is 3. The van der Waals surface area contributed by atoms with Crippen LogP contribution in [0, 0.1) is 0 Å². The fourth-order valence-corrected chi connectivity index (χ4v) is 1.53. The van der Waals surface area contributed by atoms with E-state index in [9.17, 15) is 0 Å². The highest BCUT2D eigenvalue weighted by Crippen LogP contribution is 2.28. The SMILES string of the molecule is CCCNC(=S)Nc1cc(OC)ccc1OC. The molecule has 1 aromatic rings. The van der Waals surface area contributed by atoms with Crippen LogP contribution in [0.4, 0.5) is 5.69 Å². The Labute approximate surface area is 107 Å². The second-order valence-corrected chi connectivity index (χ2v) is 3.86. The molecule has 17 heavy (non-hydrogen) atoms. The molecule has 0 aliphatic rings. The highest BCUT2D eigenvalue weighted by molar-refractivity contribution is 7.80. The molecule has 0 radical (unpaired) electrons. The maximum absolute atomic E-state index is 5.24. The smallest absolute Gasteiger partial charge is 0.170 e. The summed E-state index contributed by atoms with van der Waals surface area (Å²) in [6, 6.07) is 5.52. The summed E-state index contributed by atoms with van der Waals surface area (Å²) in [4.78, 5) is 0. The number of hydrogen-bond donors (Lipinski definition) is 2. The van der Waals surface area contributed by atoms with E-state index in [1.807, 2.05) is 18.2 Å². The van der Waals surface area contributed by atoms with Gasteiger partial charge in [0.15, 0.2) is 5.11 Å². The molecular weight excluding hydrogens is 236 g/mol. The van der Waals surface area contributed by atoms with Crippen LogP contribution in [-0.4, -0.2) is 25.9 Å². The molecule has 0 saturated carbocycles. The largest absolute Gasteiger partial charge is 0.497 e. The molecule has 0 heterocycles. The summed E-state index contributed by atoms with van der Waals surface area (Å²) in [5, 5.41) is 6.76. The van der Waals surface area contributed by atoms with Crippen molar-refractivity contribution in [2.75, 3.05) is 26.1 Å². The third-order valence-electron chi connectivity index (χ3n) is 2.19. The number of benzene rings is 1. The summed E-state index contributed by atoms with van der Waals surface area (Å²) in [5.74, 6) is 1.48. The fourth-order valence-electron chi connectivity index (χ4n) is 1.32. The Morgan fingerprint density at radius 2 is 2.06 bits per heavy atom. The maximum atomic E-state index is 5.24.